The van der Waals surface area contributed by atoms with Crippen LogP contribution in [0.1, 0.15) is 32.6 Å². The Morgan fingerprint density at radius 3 is 2.61 bits per heavy atom. The molecule has 1 N–H and O–H groups in total. The first-order valence-corrected chi connectivity index (χ1v) is 12.7. The largest absolute Gasteiger partial charge is 0.493 e. The van der Waals surface area contributed by atoms with E-state index in [0.29, 0.717) is 45.9 Å². The molecule has 7 nitrogen and oxygen atoms in total. The molecule has 0 spiro atoms. The monoisotopic (exact) mass is 528 g/mol. The van der Waals surface area contributed by atoms with Crippen LogP contribution >= 0.6 is 11.8 Å². The molecule has 8 heteroatoms. The number of rotatable bonds is 9. The van der Waals surface area contributed by atoms with Crippen molar-refractivity contribution in [3.8, 4) is 11.5 Å². The smallest absolute Gasteiger partial charge is 0.336 e. The molecule has 1 heterocycles. The van der Waals surface area contributed by atoms with Crippen LogP contribution in [0.2, 0.25) is 0 Å². The maximum Gasteiger partial charge on any atom is 0.336 e. The zero-order valence-corrected chi connectivity index (χ0v) is 22.2. The van der Waals surface area contributed by atoms with Gasteiger partial charge < -0.3 is 14.6 Å². The van der Waals surface area contributed by atoms with Crippen molar-refractivity contribution < 1.29 is 24.2 Å². The van der Waals surface area contributed by atoms with Crippen molar-refractivity contribution in [3.05, 3.63) is 106 Å². The van der Waals surface area contributed by atoms with Gasteiger partial charge in [0.05, 0.1) is 23.3 Å². The number of amidine groups is 1. The van der Waals surface area contributed by atoms with Crippen LogP contribution in [0.15, 0.2) is 83.2 Å². The van der Waals surface area contributed by atoms with Crippen LogP contribution in [0.4, 0.5) is 5.69 Å². The molecule has 0 aromatic heterocycles. The third-order valence-corrected chi connectivity index (χ3v) is 7.08. The maximum atomic E-state index is 13.1. The molecule has 1 fully saturated rings. The van der Waals surface area contributed by atoms with E-state index in [9.17, 15) is 14.7 Å². The second-order valence-electron chi connectivity index (χ2n) is 8.60. The van der Waals surface area contributed by atoms with E-state index in [1.807, 2.05) is 42.5 Å². The molecule has 0 radical (unpaired) electrons. The lowest BCUT2D eigenvalue weighted by molar-refractivity contribution is -0.121. The third-order valence-electron chi connectivity index (χ3n) is 6.02. The second-order valence-corrected chi connectivity index (χ2v) is 9.61. The van der Waals surface area contributed by atoms with Crippen LogP contribution < -0.4 is 9.47 Å². The Bertz CT molecular complexity index is 1450. The lowest BCUT2D eigenvalue weighted by atomic mass is 10.0. The number of hydrogen-bond donors (Lipinski definition) is 1. The minimum absolute atomic E-state index is 0.177. The van der Waals surface area contributed by atoms with Gasteiger partial charge in [0.25, 0.3) is 5.91 Å². The molecule has 1 saturated heterocycles. The maximum absolute atomic E-state index is 13.1. The molecule has 0 atom stereocenters. The summed E-state index contributed by atoms with van der Waals surface area (Å²) in [4.78, 5) is 31.1. The molecular weight excluding hydrogens is 500 g/mol. The van der Waals surface area contributed by atoms with E-state index < -0.39 is 5.97 Å². The fourth-order valence-electron chi connectivity index (χ4n) is 4.00. The Balaban J connectivity index is 1.65. The second kappa shape index (κ2) is 11.8. The van der Waals surface area contributed by atoms with Gasteiger partial charge in [0.1, 0.15) is 6.61 Å². The summed E-state index contributed by atoms with van der Waals surface area (Å²) >= 11 is 1.23. The summed E-state index contributed by atoms with van der Waals surface area (Å²) < 4.78 is 11.8. The van der Waals surface area contributed by atoms with E-state index in [2.05, 4.69) is 11.6 Å². The number of carbonyl (C=O) groups excluding carboxylic acids is 1. The van der Waals surface area contributed by atoms with Crippen molar-refractivity contribution in [2.45, 2.75) is 20.0 Å². The van der Waals surface area contributed by atoms with Crippen molar-refractivity contribution in [3.63, 3.8) is 0 Å². The third kappa shape index (κ3) is 5.81. The van der Waals surface area contributed by atoms with Crippen LogP contribution in [0, 0.1) is 6.92 Å². The SMILES string of the molecule is C=CCc1cc(/C=C2\SC(=Nc3cccc(C(=O)O)c3C)N(C)C2=O)cc(OC)c1OCc1ccccc1. The first-order chi connectivity index (χ1) is 18.3. The predicted molar refractivity (Wildman–Crippen MR) is 151 cm³/mol. The summed E-state index contributed by atoms with van der Waals surface area (Å²) in [7, 11) is 3.23. The van der Waals surface area contributed by atoms with Crippen LogP contribution in [-0.4, -0.2) is 41.2 Å². The number of carbonyl (C=O) groups is 2. The van der Waals surface area contributed by atoms with Crippen molar-refractivity contribution in [1.82, 2.24) is 4.90 Å². The van der Waals surface area contributed by atoms with Crippen LogP contribution in [0.3, 0.4) is 0 Å². The van der Waals surface area contributed by atoms with Gasteiger partial charge in [0, 0.05) is 12.6 Å². The molecule has 194 valence electrons. The molecule has 1 amide bonds. The Kier molecular flexibility index (Phi) is 8.33. The number of aromatic carboxylic acids is 1. The lowest BCUT2D eigenvalue weighted by Gasteiger charge is -2.16. The topological polar surface area (TPSA) is 88.4 Å². The Labute approximate surface area is 226 Å². The van der Waals surface area contributed by atoms with E-state index in [1.54, 1.807) is 45.4 Å². The molecular formula is C30H28N2O5S. The van der Waals surface area contributed by atoms with Crippen molar-refractivity contribution >= 4 is 40.6 Å². The van der Waals surface area contributed by atoms with Crippen molar-refractivity contribution in [2.75, 3.05) is 14.2 Å². The van der Waals surface area contributed by atoms with E-state index >= 15 is 0 Å². The minimum atomic E-state index is -1.02. The van der Waals surface area contributed by atoms with E-state index in [0.717, 1.165) is 16.7 Å². The van der Waals surface area contributed by atoms with Crippen molar-refractivity contribution in [1.29, 1.82) is 0 Å². The summed E-state index contributed by atoms with van der Waals surface area (Å²) in [5.41, 5.74) is 3.92. The van der Waals surface area contributed by atoms with Crippen LogP contribution in [0.5, 0.6) is 11.5 Å². The predicted octanol–water partition coefficient (Wildman–Crippen LogP) is 6.24. The van der Waals surface area contributed by atoms with Crippen molar-refractivity contribution in [2.24, 2.45) is 4.99 Å². The van der Waals surface area contributed by atoms with Gasteiger partial charge in [-0.2, -0.15) is 0 Å². The van der Waals surface area contributed by atoms with Gasteiger partial charge in [-0.1, -0.05) is 42.5 Å². The molecule has 4 rings (SSSR count). The number of methoxy groups -OCH3 is 1. The number of carboxylic acid groups (broad SMARTS) is 1. The summed E-state index contributed by atoms with van der Waals surface area (Å²) in [6.45, 7) is 5.97. The molecule has 3 aromatic carbocycles. The number of amides is 1. The summed E-state index contributed by atoms with van der Waals surface area (Å²) in [5, 5.41) is 9.88. The standard InChI is InChI=1S/C30H28N2O5S/c1-5-10-22-15-21(16-25(36-4)27(22)37-18-20-11-7-6-8-12-20)17-26-28(33)32(3)30(38-26)31-24-14-9-13-23(19(24)2)29(34)35/h5-9,11-17H,1,10,18H2,2-4H3,(H,34,35)/b26-17-,31-30?. The first-order valence-electron chi connectivity index (χ1n) is 11.9. The molecule has 0 saturated carbocycles. The molecule has 1 aliphatic rings. The molecule has 0 aliphatic carbocycles. The van der Waals surface area contributed by atoms with Gasteiger partial charge in [0.2, 0.25) is 0 Å². The quantitative estimate of drug-likeness (QED) is 0.261. The average molecular weight is 529 g/mol. The number of aliphatic imine (C=N–C) groups is 1. The van der Waals surface area contributed by atoms with Gasteiger partial charge >= 0.3 is 5.97 Å². The van der Waals surface area contributed by atoms with E-state index in [1.165, 1.54) is 22.7 Å². The number of likely N-dealkylation sites (N-methyl/N-ethyl adjacent to an activating group) is 1. The average Bonchev–Trinajstić information content (AvgIpc) is 3.17. The number of nitrogens with zero attached hydrogens (tertiary/aromatic N) is 2. The number of benzene rings is 3. The zero-order valence-electron chi connectivity index (χ0n) is 21.4. The summed E-state index contributed by atoms with van der Waals surface area (Å²) in [6.07, 6.45) is 4.15. The molecule has 38 heavy (non-hydrogen) atoms. The number of allylic oxidation sites excluding steroid dienone is 1. The lowest BCUT2D eigenvalue weighted by Crippen LogP contribution is -2.23. The normalized spacial score (nSPS) is 15.2. The van der Waals surface area contributed by atoms with Crippen LogP contribution in [0.25, 0.3) is 6.08 Å². The Morgan fingerprint density at radius 2 is 1.92 bits per heavy atom. The zero-order chi connectivity index (χ0) is 27.2. The number of carboxylic acids is 1. The highest BCUT2D eigenvalue weighted by Gasteiger charge is 2.31. The fourth-order valence-corrected chi connectivity index (χ4v) is 4.98. The molecule has 3 aromatic rings. The molecule has 0 unspecified atom stereocenters. The van der Waals surface area contributed by atoms with Gasteiger partial charge in [-0.05, 0) is 72.1 Å². The van der Waals surface area contributed by atoms with Gasteiger partial charge in [-0.3, -0.25) is 9.69 Å². The minimum Gasteiger partial charge on any atom is -0.493 e. The fraction of sp³-hybridized carbons (Fsp3) is 0.167. The van der Waals surface area contributed by atoms with Gasteiger partial charge in [-0.15, -0.1) is 6.58 Å². The summed E-state index contributed by atoms with van der Waals surface area (Å²) in [5.74, 6) is -0.0218. The molecule has 1 aliphatic heterocycles. The highest BCUT2D eigenvalue weighted by atomic mass is 32.2. The summed E-state index contributed by atoms with van der Waals surface area (Å²) in [6, 6.07) is 18.6. The Morgan fingerprint density at radius 1 is 1.16 bits per heavy atom. The number of hydrogen-bond acceptors (Lipinski definition) is 6. The highest BCUT2D eigenvalue weighted by molar-refractivity contribution is 8.18. The van der Waals surface area contributed by atoms with Crippen LogP contribution in [-0.2, 0) is 17.8 Å². The first kappa shape index (κ1) is 26.8. The number of ether oxygens (including phenoxy) is 2. The van der Waals surface area contributed by atoms with E-state index in [4.69, 9.17) is 9.47 Å². The van der Waals surface area contributed by atoms with Gasteiger partial charge in [0.15, 0.2) is 16.7 Å². The van der Waals surface area contributed by atoms with Gasteiger partial charge in [-0.25, -0.2) is 9.79 Å². The van der Waals surface area contributed by atoms with E-state index in [-0.39, 0.29) is 11.5 Å². The molecule has 0 bridgehead atoms. The Hall–Kier alpha value is -4.30. The highest BCUT2D eigenvalue weighted by Crippen LogP contribution is 2.38. The number of thioether (sulfide) groups is 1.